The fraction of sp³-hybridized carbons (Fsp3) is 0.250. The lowest BCUT2D eigenvalue weighted by Crippen LogP contribution is -2.67. The fourth-order valence-corrected chi connectivity index (χ4v) is 11.2. The molecule has 0 unspecified atom stereocenters. The van der Waals surface area contributed by atoms with Gasteiger partial charge in [-0.25, -0.2) is 0 Å². The molecule has 0 amide bonds. The Morgan fingerprint density at radius 3 is 1.23 bits per heavy atom. The molecule has 43 heavy (non-hydrogen) atoms. The summed E-state index contributed by atoms with van der Waals surface area (Å²) in [5, 5.41) is 2.57. The van der Waals surface area contributed by atoms with Crippen molar-refractivity contribution in [1.82, 2.24) is 0 Å². The smallest absolute Gasteiger partial charge is 0.261 e. The van der Waals surface area contributed by atoms with Crippen molar-refractivity contribution in [2.24, 2.45) is 0 Å². The molecule has 2 nitrogen and oxygen atoms in total. The minimum absolute atomic E-state index is 0.0520. The molecule has 0 spiro atoms. The van der Waals surface area contributed by atoms with Crippen molar-refractivity contribution in [2.45, 2.75) is 57.3 Å². The highest BCUT2D eigenvalue weighted by atomic mass is 28.4. The van der Waals surface area contributed by atoms with Gasteiger partial charge in [-0.3, -0.25) is 0 Å². The second kappa shape index (κ2) is 13.7. The van der Waals surface area contributed by atoms with E-state index in [1.165, 1.54) is 10.4 Å². The van der Waals surface area contributed by atoms with Gasteiger partial charge in [0.05, 0.1) is 0 Å². The summed E-state index contributed by atoms with van der Waals surface area (Å²) in [6.45, 7) is 9.85. The first-order valence-electron chi connectivity index (χ1n) is 15.5. The van der Waals surface area contributed by atoms with E-state index in [2.05, 4.69) is 179 Å². The van der Waals surface area contributed by atoms with Gasteiger partial charge in [-0.15, -0.1) is 0 Å². The number of benzene rings is 5. The highest BCUT2D eigenvalue weighted by Gasteiger charge is 2.51. The zero-order valence-electron chi connectivity index (χ0n) is 25.9. The highest BCUT2D eigenvalue weighted by Crippen LogP contribution is 2.41. The van der Waals surface area contributed by atoms with Gasteiger partial charge in [-0.1, -0.05) is 172 Å². The van der Waals surface area contributed by atoms with E-state index in [9.17, 15) is 0 Å². The molecule has 0 aromatic heterocycles. The number of hydrogen-bond donors (Lipinski definition) is 0. The Bertz CT molecular complexity index is 1380. The van der Waals surface area contributed by atoms with E-state index < -0.39 is 13.9 Å². The lowest BCUT2D eigenvalue weighted by atomic mass is 9.80. The first kappa shape index (κ1) is 30.7. The summed E-state index contributed by atoms with van der Waals surface area (Å²) in [7, 11) is -2.61. The number of hydrogen-bond acceptors (Lipinski definition) is 2. The van der Waals surface area contributed by atoms with E-state index in [-0.39, 0.29) is 11.1 Å². The van der Waals surface area contributed by atoms with Crippen LogP contribution in [0.3, 0.4) is 0 Å². The Kier molecular flexibility index (Phi) is 9.77. The van der Waals surface area contributed by atoms with Gasteiger partial charge in [-0.2, -0.15) is 0 Å². The molecule has 0 bridgehead atoms. The largest absolute Gasteiger partial charge is 0.405 e. The molecule has 0 saturated carbocycles. The van der Waals surface area contributed by atoms with Gasteiger partial charge in [0, 0.05) is 12.7 Å². The molecule has 0 heterocycles. The van der Waals surface area contributed by atoms with Crippen LogP contribution in [0.5, 0.6) is 0 Å². The van der Waals surface area contributed by atoms with Crippen molar-refractivity contribution in [3.05, 3.63) is 168 Å². The minimum atomic E-state index is -2.61. The van der Waals surface area contributed by atoms with Crippen LogP contribution in [0.2, 0.25) is 5.04 Å². The van der Waals surface area contributed by atoms with E-state index in [1.54, 1.807) is 0 Å². The maximum Gasteiger partial charge on any atom is 0.261 e. The Morgan fingerprint density at radius 2 is 0.884 bits per heavy atom. The molecule has 5 aromatic carbocycles. The third kappa shape index (κ3) is 6.45. The van der Waals surface area contributed by atoms with Crippen molar-refractivity contribution >= 4 is 18.7 Å². The minimum Gasteiger partial charge on any atom is -0.405 e. The molecule has 220 valence electrons. The summed E-state index contributed by atoms with van der Waals surface area (Å²) in [6.07, 6.45) is 1.85. The van der Waals surface area contributed by atoms with Crippen LogP contribution >= 0.6 is 0 Å². The lowest BCUT2D eigenvalue weighted by Gasteiger charge is -2.44. The van der Waals surface area contributed by atoms with E-state index in [0.29, 0.717) is 6.61 Å². The molecular formula is C40H44O2Si. The molecule has 0 radical (unpaired) electrons. The van der Waals surface area contributed by atoms with Gasteiger partial charge >= 0.3 is 0 Å². The van der Waals surface area contributed by atoms with Gasteiger partial charge in [-0.05, 0) is 51.9 Å². The Hall–Kier alpha value is -3.76. The molecular weight excluding hydrogens is 541 g/mol. The maximum absolute atomic E-state index is 7.34. The van der Waals surface area contributed by atoms with Crippen molar-refractivity contribution in [3.63, 3.8) is 0 Å². The van der Waals surface area contributed by atoms with E-state index in [1.807, 2.05) is 0 Å². The summed E-state index contributed by atoms with van der Waals surface area (Å²) in [5.74, 6) is 0. The second-order valence-corrected chi connectivity index (χ2v) is 16.6. The number of ether oxygens (including phenoxy) is 1. The van der Waals surface area contributed by atoms with Gasteiger partial charge in [0.1, 0.15) is 5.60 Å². The first-order chi connectivity index (χ1) is 20.9. The molecule has 1 atom stereocenters. The lowest BCUT2D eigenvalue weighted by molar-refractivity contribution is 0.00728. The fourth-order valence-electron chi connectivity index (χ4n) is 6.42. The third-order valence-corrected chi connectivity index (χ3v) is 13.6. The standard InChI is InChI=1S/C40H44O2Si/c1-33(42-43(39(2,3)4,37-28-16-8-17-29-37)38-30-18-9-19-31-38)21-20-32-41-40(34-22-10-5-11-23-34,35-24-12-6-13-25-35)36-26-14-7-15-27-36/h5-19,22-31,33H,20-21,32H2,1-4H3/t33-/m1/s1. The second-order valence-electron chi connectivity index (χ2n) is 12.4. The average molecular weight is 585 g/mol. The Morgan fingerprint density at radius 1 is 0.535 bits per heavy atom. The third-order valence-electron chi connectivity index (χ3n) is 8.41. The predicted molar refractivity (Wildman–Crippen MR) is 183 cm³/mol. The predicted octanol–water partition coefficient (Wildman–Crippen LogP) is 8.74. The number of rotatable bonds is 12. The van der Waals surface area contributed by atoms with Gasteiger partial charge in [0.25, 0.3) is 8.32 Å². The van der Waals surface area contributed by atoms with Crippen molar-refractivity contribution in [3.8, 4) is 0 Å². The van der Waals surface area contributed by atoms with Crippen LogP contribution in [0.25, 0.3) is 0 Å². The van der Waals surface area contributed by atoms with Crippen LogP contribution < -0.4 is 10.4 Å². The van der Waals surface area contributed by atoms with Crippen LogP contribution in [0.15, 0.2) is 152 Å². The summed E-state index contributed by atoms with van der Waals surface area (Å²) < 4.78 is 14.4. The SMILES string of the molecule is C[C@H](CCCOC(c1ccccc1)(c1ccccc1)c1ccccc1)O[Si](c1ccccc1)(c1ccccc1)C(C)(C)C. The van der Waals surface area contributed by atoms with E-state index in [4.69, 9.17) is 9.16 Å². The van der Waals surface area contributed by atoms with Crippen molar-refractivity contribution in [1.29, 1.82) is 0 Å². The van der Waals surface area contributed by atoms with Gasteiger partial charge < -0.3 is 9.16 Å². The molecule has 0 aliphatic heterocycles. The first-order valence-corrected chi connectivity index (χ1v) is 17.4. The zero-order chi connectivity index (χ0) is 30.2. The quantitative estimate of drug-likeness (QED) is 0.0829. The van der Waals surface area contributed by atoms with Crippen molar-refractivity contribution in [2.75, 3.05) is 6.61 Å². The van der Waals surface area contributed by atoms with Crippen LogP contribution in [0, 0.1) is 0 Å². The van der Waals surface area contributed by atoms with Crippen LogP contribution in [-0.2, 0) is 14.8 Å². The molecule has 0 saturated heterocycles. The summed E-state index contributed by atoms with van der Waals surface area (Å²) in [6, 6.07) is 53.6. The molecule has 0 fully saturated rings. The topological polar surface area (TPSA) is 18.5 Å². The van der Waals surface area contributed by atoms with Crippen LogP contribution in [0.1, 0.15) is 57.2 Å². The Balaban J connectivity index is 1.41. The van der Waals surface area contributed by atoms with Gasteiger partial charge in [0.15, 0.2) is 0 Å². The van der Waals surface area contributed by atoms with Crippen LogP contribution in [-0.4, -0.2) is 21.0 Å². The normalized spacial score (nSPS) is 13.0. The summed E-state index contributed by atoms with van der Waals surface area (Å²) >= 11 is 0. The molecule has 0 aliphatic rings. The summed E-state index contributed by atoms with van der Waals surface area (Å²) in [4.78, 5) is 0. The summed E-state index contributed by atoms with van der Waals surface area (Å²) in [5.41, 5.74) is 2.68. The highest BCUT2D eigenvalue weighted by molar-refractivity contribution is 6.99. The van der Waals surface area contributed by atoms with E-state index >= 15 is 0 Å². The molecule has 5 aromatic rings. The van der Waals surface area contributed by atoms with Gasteiger partial charge in [0.2, 0.25) is 0 Å². The molecule has 0 aliphatic carbocycles. The van der Waals surface area contributed by atoms with Crippen LogP contribution in [0.4, 0.5) is 0 Å². The molecule has 5 rings (SSSR count). The molecule has 0 N–H and O–H groups in total. The van der Waals surface area contributed by atoms with E-state index in [0.717, 1.165) is 29.5 Å². The average Bonchev–Trinajstić information content (AvgIpc) is 3.05. The zero-order valence-corrected chi connectivity index (χ0v) is 26.9. The Labute approximate surface area is 259 Å². The molecule has 3 heteroatoms. The monoisotopic (exact) mass is 584 g/mol. The maximum atomic E-state index is 7.34. The van der Waals surface area contributed by atoms with Crippen molar-refractivity contribution < 1.29 is 9.16 Å².